The fourth-order valence-corrected chi connectivity index (χ4v) is 2.42. The van der Waals surface area contributed by atoms with Crippen LogP contribution in [0.4, 0.5) is 0 Å². The summed E-state index contributed by atoms with van der Waals surface area (Å²) in [5.41, 5.74) is 3.23. The van der Waals surface area contributed by atoms with Gasteiger partial charge in [-0.05, 0) is 31.7 Å². The summed E-state index contributed by atoms with van der Waals surface area (Å²) in [5.74, 6) is 2.04. The number of nitrogens with zero attached hydrogens (tertiary/aromatic N) is 1. The van der Waals surface area contributed by atoms with Crippen molar-refractivity contribution < 1.29 is 0 Å². The summed E-state index contributed by atoms with van der Waals surface area (Å²) >= 11 is 0. The van der Waals surface area contributed by atoms with E-state index in [2.05, 4.69) is 10.4 Å². The molecule has 0 aromatic heterocycles. The Bertz CT molecular complexity index is 112. The third-order valence-corrected chi connectivity index (χ3v) is 3.04. The zero-order chi connectivity index (χ0) is 6.97. The minimum atomic E-state index is 1.02. The minimum Gasteiger partial charge on any atom is -0.258 e. The molecule has 0 aromatic rings. The molecule has 10 heavy (non-hydrogen) atoms. The SMILES string of the molecule is CNN1CC2CCCC2C1. The van der Waals surface area contributed by atoms with E-state index < -0.39 is 0 Å². The number of hydrogen-bond donors (Lipinski definition) is 1. The first-order valence-electron chi connectivity index (χ1n) is 4.32. The molecular weight excluding hydrogens is 124 g/mol. The van der Waals surface area contributed by atoms with Gasteiger partial charge in [0.1, 0.15) is 0 Å². The Morgan fingerprint density at radius 3 is 2.30 bits per heavy atom. The van der Waals surface area contributed by atoms with E-state index in [9.17, 15) is 0 Å². The molecule has 1 saturated carbocycles. The molecule has 58 valence electrons. The molecule has 2 aliphatic rings. The molecule has 1 N–H and O–H groups in total. The lowest BCUT2D eigenvalue weighted by molar-refractivity contribution is 0.240. The lowest BCUT2D eigenvalue weighted by atomic mass is 10.0. The van der Waals surface area contributed by atoms with Crippen LogP contribution in [-0.4, -0.2) is 25.1 Å². The Kier molecular flexibility index (Phi) is 1.66. The van der Waals surface area contributed by atoms with E-state index in [1.807, 2.05) is 7.05 Å². The second-order valence-electron chi connectivity index (χ2n) is 3.58. The molecule has 0 spiro atoms. The Labute approximate surface area is 62.6 Å². The molecule has 1 aliphatic carbocycles. The molecule has 1 saturated heterocycles. The van der Waals surface area contributed by atoms with Crippen molar-refractivity contribution in [2.45, 2.75) is 19.3 Å². The quantitative estimate of drug-likeness (QED) is 0.581. The van der Waals surface area contributed by atoms with Crippen molar-refractivity contribution in [3.63, 3.8) is 0 Å². The van der Waals surface area contributed by atoms with Crippen LogP contribution in [0.5, 0.6) is 0 Å². The summed E-state index contributed by atoms with van der Waals surface area (Å²) in [6.45, 7) is 2.59. The Morgan fingerprint density at radius 1 is 1.20 bits per heavy atom. The van der Waals surface area contributed by atoms with Crippen molar-refractivity contribution in [3.05, 3.63) is 0 Å². The van der Waals surface area contributed by atoms with Crippen LogP contribution in [0.1, 0.15) is 19.3 Å². The molecule has 2 rings (SSSR count). The number of hydrazine groups is 1. The van der Waals surface area contributed by atoms with Gasteiger partial charge >= 0.3 is 0 Å². The highest BCUT2D eigenvalue weighted by Crippen LogP contribution is 2.36. The maximum absolute atomic E-state index is 3.23. The molecule has 2 atom stereocenters. The first-order valence-corrected chi connectivity index (χ1v) is 4.32. The third-order valence-electron chi connectivity index (χ3n) is 3.04. The summed E-state index contributed by atoms with van der Waals surface area (Å²) in [7, 11) is 2.03. The van der Waals surface area contributed by atoms with Gasteiger partial charge in [-0.1, -0.05) is 6.42 Å². The minimum absolute atomic E-state index is 1.02. The van der Waals surface area contributed by atoms with E-state index in [-0.39, 0.29) is 0 Å². The van der Waals surface area contributed by atoms with Gasteiger partial charge in [-0.25, -0.2) is 5.01 Å². The van der Waals surface area contributed by atoms with Crippen molar-refractivity contribution >= 4 is 0 Å². The highest BCUT2D eigenvalue weighted by Gasteiger charge is 2.35. The summed E-state index contributed by atoms with van der Waals surface area (Å²) in [6, 6.07) is 0. The normalized spacial score (nSPS) is 40.5. The highest BCUT2D eigenvalue weighted by atomic mass is 15.5. The number of nitrogens with one attached hydrogen (secondary N) is 1. The van der Waals surface area contributed by atoms with Crippen LogP contribution in [0.15, 0.2) is 0 Å². The molecule has 2 heteroatoms. The standard InChI is InChI=1S/C8H16N2/c1-9-10-5-7-3-2-4-8(7)6-10/h7-9H,2-6H2,1H3. The second kappa shape index (κ2) is 2.51. The number of rotatable bonds is 1. The number of hydrogen-bond acceptors (Lipinski definition) is 2. The van der Waals surface area contributed by atoms with Crippen LogP contribution in [0.25, 0.3) is 0 Å². The van der Waals surface area contributed by atoms with E-state index in [1.165, 1.54) is 32.4 Å². The predicted octanol–water partition coefficient (Wildman–Crippen LogP) is 0.853. The molecule has 0 amide bonds. The van der Waals surface area contributed by atoms with Gasteiger partial charge < -0.3 is 0 Å². The molecular formula is C8H16N2. The maximum atomic E-state index is 3.23. The van der Waals surface area contributed by atoms with E-state index in [1.54, 1.807) is 0 Å². The van der Waals surface area contributed by atoms with Crippen molar-refractivity contribution in [2.75, 3.05) is 20.1 Å². The van der Waals surface area contributed by atoms with Gasteiger partial charge in [0.25, 0.3) is 0 Å². The Hall–Kier alpha value is -0.0800. The average Bonchev–Trinajstić information content (AvgIpc) is 2.42. The Balaban J connectivity index is 1.94. The molecule has 0 bridgehead atoms. The fraction of sp³-hybridized carbons (Fsp3) is 1.00. The summed E-state index contributed by atoms with van der Waals surface area (Å²) in [5, 5.41) is 2.36. The number of fused-ring (bicyclic) bond motifs is 1. The van der Waals surface area contributed by atoms with Crippen LogP contribution in [0.3, 0.4) is 0 Å². The lowest BCUT2D eigenvalue weighted by Crippen LogP contribution is -2.33. The second-order valence-corrected chi connectivity index (χ2v) is 3.58. The largest absolute Gasteiger partial charge is 0.258 e. The van der Waals surface area contributed by atoms with Gasteiger partial charge in [-0.2, -0.15) is 0 Å². The smallest absolute Gasteiger partial charge is 0.0162 e. The van der Waals surface area contributed by atoms with E-state index in [4.69, 9.17) is 0 Å². The van der Waals surface area contributed by atoms with Crippen molar-refractivity contribution in [1.29, 1.82) is 0 Å². The molecule has 0 radical (unpaired) electrons. The predicted molar refractivity (Wildman–Crippen MR) is 41.5 cm³/mol. The zero-order valence-corrected chi connectivity index (χ0v) is 6.64. The molecule has 2 unspecified atom stereocenters. The van der Waals surface area contributed by atoms with Crippen molar-refractivity contribution in [3.8, 4) is 0 Å². The third kappa shape index (κ3) is 0.956. The maximum Gasteiger partial charge on any atom is 0.0162 e. The average molecular weight is 140 g/mol. The van der Waals surface area contributed by atoms with Crippen molar-refractivity contribution in [1.82, 2.24) is 10.4 Å². The van der Waals surface area contributed by atoms with Crippen LogP contribution in [-0.2, 0) is 0 Å². The summed E-state index contributed by atoms with van der Waals surface area (Å²) in [6.07, 6.45) is 4.43. The molecule has 2 fully saturated rings. The van der Waals surface area contributed by atoms with E-state index in [0.29, 0.717) is 0 Å². The Morgan fingerprint density at radius 2 is 1.80 bits per heavy atom. The van der Waals surface area contributed by atoms with Crippen LogP contribution in [0, 0.1) is 11.8 Å². The summed E-state index contributed by atoms with van der Waals surface area (Å²) < 4.78 is 0. The van der Waals surface area contributed by atoms with Crippen LogP contribution >= 0.6 is 0 Å². The molecule has 0 aromatic carbocycles. The van der Waals surface area contributed by atoms with Gasteiger partial charge in [0.15, 0.2) is 0 Å². The monoisotopic (exact) mass is 140 g/mol. The van der Waals surface area contributed by atoms with Gasteiger partial charge in [0.2, 0.25) is 0 Å². The van der Waals surface area contributed by atoms with Gasteiger partial charge in [-0.3, -0.25) is 5.43 Å². The molecule has 1 heterocycles. The fourth-order valence-electron chi connectivity index (χ4n) is 2.42. The van der Waals surface area contributed by atoms with E-state index in [0.717, 1.165) is 11.8 Å². The first kappa shape index (κ1) is 6.62. The molecule has 2 nitrogen and oxygen atoms in total. The summed E-state index contributed by atoms with van der Waals surface area (Å²) in [4.78, 5) is 0. The van der Waals surface area contributed by atoms with Gasteiger partial charge in [-0.15, -0.1) is 0 Å². The van der Waals surface area contributed by atoms with Gasteiger partial charge in [0, 0.05) is 13.1 Å². The van der Waals surface area contributed by atoms with Gasteiger partial charge in [0.05, 0.1) is 0 Å². The molecule has 1 aliphatic heterocycles. The zero-order valence-electron chi connectivity index (χ0n) is 6.64. The van der Waals surface area contributed by atoms with Crippen LogP contribution < -0.4 is 5.43 Å². The van der Waals surface area contributed by atoms with E-state index >= 15 is 0 Å². The first-order chi connectivity index (χ1) is 4.90. The topological polar surface area (TPSA) is 15.3 Å². The highest BCUT2D eigenvalue weighted by molar-refractivity contribution is 4.86. The van der Waals surface area contributed by atoms with Crippen LogP contribution in [0.2, 0.25) is 0 Å². The lowest BCUT2D eigenvalue weighted by Gasteiger charge is -2.13. The van der Waals surface area contributed by atoms with Crippen molar-refractivity contribution in [2.24, 2.45) is 11.8 Å².